The predicted molar refractivity (Wildman–Crippen MR) is 117 cm³/mol. The first-order valence-electron chi connectivity index (χ1n) is 9.52. The maximum Gasteiger partial charge on any atom is 0.250 e. The minimum Gasteiger partial charge on any atom is -0.493 e. The first-order chi connectivity index (χ1) is 14.5. The molecule has 156 valence electrons. The average molecular weight is 426 g/mol. The number of amides is 2. The Hall–Kier alpha value is -3.33. The van der Waals surface area contributed by atoms with Crippen LogP contribution in [0, 0.1) is 0 Å². The van der Waals surface area contributed by atoms with Gasteiger partial charge in [0.25, 0.3) is 5.91 Å². The maximum atomic E-state index is 12.4. The molecule has 2 aromatic carbocycles. The largest absolute Gasteiger partial charge is 0.493 e. The van der Waals surface area contributed by atoms with Crippen molar-refractivity contribution in [3.63, 3.8) is 0 Å². The Labute approximate surface area is 178 Å². The van der Waals surface area contributed by atoms with Gasteiger partial charge in [-0.15, -0.1) is 10.2 Å². The predicted octanol–water partition coefficient (Wildman–Crippen LogP) is 3.19. The minimum absolute atomic E-state index is 0.109. The molecule has 0 unspecified atom stereocenters. The highest BCUT2D eigenvalue weighted by molar-refractivity contribution is 7.99. The van der Waals surface area contributed by atoms with Crippen molar-refractivity contribution in [1.82, 2.24) is 14.8 Å². The molecular weight excluding hydrogens is 402 g/mol. The molecule has 0 saturated carbocycles. The molecule has 2 amide bonds. The van der Waals surface area contributed by atoms with Crippen LogP contribution in [0.5, 0.6) is 5.75 Å². The van der Waals surface area contributed by atoms with E-state index in [0.29, 0.717) is 29.8 Å². The molecule has 3 aromatic rings. The van der Waals surface area contributed by atoms with Gasteiger partial charge in [-0.25, -0.2) is 0 Å². The molecule has 8 nitrogen and oxygen atoms in total. The van der Waals surface area contributed by atoms with Gasteiger partial charge in [0.2, 0.25) is 5.91 Å². The molecule has 30 heavy (non-hydrogen) atoms. The number of carbonyl (C=O) groups is 2. The smallest absolute Gasteiger partial charge is 0.250 e. The minimum atomic E-state index is -0.595. The first kappa shape index (κ1) is 21.4. The number of nitrogens with two attached hydrogens (primary N) is 1. The molecule has 1 aromatic heterocycles. The lowest BCUT2D eigenvalue weighted by molar-refractivity contribution is -0.113. The highest BCUT2D eigenvalue weighted by Crippen LogP contribution is 2.31. The van der Waals surface area contributed by atoms with Crippen molar-refractivity contribution in [2.75, 3.05) is 17.7 Å². The van der Waals surface area contributed by atoms with Crippen molar-refractivity contribution in [3.8, 4) is 17.1 Å². The second-order valence-electron chi connectivity index (χ2n) is 6.23. The van der Waals surface area contributed by atoms with Gasteiger partial charge in [-0.05, 0) is 38.1 Å². The molecule has 0 bridgehead atoms. The van der Waals surface area contributed by atoms with Gasteiger partial charge in [-0.1, -0.05) is 36.0 Å². The van der Waals surface area contributed by atoms with E-state index in [1.54, 1.807) is 24.3 Å². The van der Waals surface area contributed by atoms with Gasteiger partial charge in [0, 0.05) is 6.54 Å². The number of nitrogens with zero attached hydrogens (tertiary/aromatic N) is 3. The molecule has 0 fully saturated rings. The third-order valence-corrected chi connectivity index (χ3v) is 5.23. The summed E-state index contributed by atoms with van der Waals surface area (Å²) in [5.41, 5.74) is 6.86. The maximum absolute atomic E-state index is 12.4. The fourth-order valence-electron chi connectivity index (χ4n) is 2.94. The highest BCUT2D eigenvalue weighted by atomic mass is 32.2. The van der Waals surface area contributed by atoms with Crippen LogP contribution in [0.25, 0.3) is 11.4 Å². The lowest BCUT2D eigenvalue weighted by Gasteiger charge is -2.11. The number of benzene rings is 2. The molecule has 0 aliphatic rings. The fourth-order valence-corrected chi connectivity index (χ4v) is 3.74. The Kier molecular flexibility index (Phi) is 7.08. The quantitative estimate of drug-likeness (QED) is 0.509. The number of rotatable bonds is 9. The van der Waals surface area contributed by atoms with E-state index >= 15 is 0 Å². The van der Waals surface area contributed by atoms with E-state index in [-0.39, 0.29) is 17.2 Å². The van der Waals surface area contributed by atoms with Gasteiger partial charge in [-0.2, -0.15) is 0 Å². The van der Waals surface area contributed by atoms with Crippen LogP contribution in [-0.2, 0) is 11.3 Å². The van der Waals surface area contributed by atoms with E-state index in [1.165, 1.54) is 11.8 Å². The summed E-state index contributed by atoms with van der Waals surface area (Å²) < 4.78 is 7.64. The standard InChI is InChI=1S/C21H23N5O3S/c1-3-26-20(15-10-6-8-12-17(15)29-4-2)24-25-21(26)30-13-18(27)23-16-11-7-5-9-14(16)19(22)28/h5-12H,3-4,13H2,1-2H3,(H2,22,28)(H,23,27). The summed E-state index contributed by atoms with van der Waals surface area (Å²) in [6.07, 6.45) is 0. The first-order valence-corrected chi connectivity index (χ1v) is 10.5. The zero-order valence-electron chi connectivity index (χ0n) is 16.8. The van der Waals surface area contributed by atoms with Crippen LogP contribution in [0.15, 0.2) is 53.7 Å². The Bertz CT molecular complexity index is 1050. The molecule has 0 atom stereocenters. The number of primary amides is 1. The van der Waals surface area contributed by atoms with E-state index in [2.05, 4.69) is 15.5 Å². The SMILES string of the molecule is CCOc1ccccc1-c1nnc(SCC(=O)Nc2ccccc2C(N)=O)n1CC. The zero-order valence-corrected chi connectivity index (χ0v) is 17.6. The Morgan fingerprint density at radius 2 is 1.83 bits per heavy atom. The van der Waals surface area contributed by atoms with E-state index in [1.807, 2.05) is 42.7 Å². The monoisotopic (exact) mass is 425 g/mol. The number of nitrogens with one attached hydrogen (secondary N) is 1. The summed E-state index contributed by atoms with van der Waals surface area (Å²) in [5, 5.41) is 11.9. The van der Waals surface area contributed by atoms with E-state index in [4.69, 9.17) is 10.5 Å². The number of thioether (sulfide) groups is 1. The van der Waals surface area contributed by atoms with Crippen LogP contribution in [0.2, 0.25) is 0 Å². The number of anilines is 1. The van der Waals surface area contributed by atoms with Crippen molar-refractivity contribution >= 4 is 29.3 Å². The fraction of sp³-hybridized carbons (Fsp3) is 0.238. The van der Waals surface area contributed by atoms with E-state index in [0.717, 1.165) is 11.3 Å². The van der Waals surface area contributed by atoms with E-state index < -0.39 is 5.91 Å². The zero-order chi connectivity index (χ0) is 21.5. The molecule has 0 radical (unpaired) electrons. The molecule has 0 spiro atoms. The lowest BCUT2D eigenvalue weighted by Crippen LogP contribution is -2.19. The van der Waals surface area contributed by atoms with Gasteiger partial charge in [-0.3, -0.25) is 9.59 Å². The summed E-state index contributed by atoms with van der Waals surface area (Å²) in [4.78, 5) is 23.9. The van der Waals surface area contributed by atoms with Crippen molar-refractivity contribution in [2.24, 2.45) is 5.73 Å². The molecular formula is C21H23N5O3S. The number of para-hydroxylation sites is 2. The van der Waals surface area contributed by atoms with Crippen LogP contribution in [0.1, 0.15) is 24.2 Å². The topological polar surface area (TPSA) is 112 Å². The molecule has 9 heteroatoms. The van der Waals surface area contributed by atoms with Crippen LogP contribution in [0.3, 0.4) is 0 Å². The Morgan fingerprint density at radius 3 is 2.57 bits per heavy atom. The molecule has 0 aliphatic heterocycles. The van der Waals surface area contributed by atoms with Crippen molar-refractivity contribution in [2.45, 2.75) is 25.5 Å². The Morgan fingerprint density at radius 1 is 1.10 bits per heavy atom. The van der Waals surface area contributed by atoms with Crippen LogP contribution < -0.4 is 15.8 Å². The number of aromatic nitrogens is 3. The van der Waals surface area contributed by atoms with Crippen molar-refractivity contribution in [3.05, 3.63) is 54.1 Å². The number of hydrogen-bond donors (Lipinski definition) is 2. The van der Waals surface area contributed by atoms with Gasteiger partial charge in [0.05, 0.1) is 29.2 Å². The van der Waals surface area contributed by atoms with Gasteiger partial charge < -0.3 is 20.4 Å². The van der Waals surface area contributed by atoms with Gasteiger partial charge >= 0.3 is 0 Å². The summed E-state index contributed by atoms with van der Waals surface area (Å²) in [6.45, 7) is 5.10. The van der Waals surface area contributed by atoms with Gasteiger partial charge in [0.1, 0.15) is 5.75 Å². The van der Waals surface area contributed by atoms with Crippen LogP contribution in [-0.4, -0.2) is 38.9 Å². The average Bonchev–Trinajstić information content (AvgIpc) is 3.16. The van der Waals surface area contributed by atoms with Crippen LogP contribution >= 0.6 is 11.8 Å². The third kappa shape index (κ3) is 4.80. The number of hydrogen-bond acceptors (Lipinski definition) is 6. The summed E-state index contributed by atoms with van der Waals surface area (Å²) in [7, 11) is 0. The third-order valence-electron chi connectivity index (χ3n) is 4.26. The number of carbonyl (C=O) groups excluding carboxylic acids is 2. The molecule has 3 N–H and O–H groups in total. The van der Waals surface area contributed by atoms with Crippen molar-refractivity contribution in [1.29, 1.82) is 0 Å². The number of ether oxygens (including phenoxy) is 1. The second-order valence-corrected chi connectivity index (χ2v) is 7.17. The molecule has 1 heterocycles. The molecule has 3 rings (SSSR count). The van der Waals surface area contributed by atoms with Crippen molar-refractivity contribution < 1.29 is 14.3 Å². The summed E-state index contributed by atoms with van der Waals surface area (Å²) >= 11 is 1.27. The van der Waals surface area contributed by atoms with Crippen LogP contribution in [0.4, 0.5) is 5.69 Å². The summed E-state index contributed by atoms with van der Waals surface area (Å²) in [5.74, 6) is 0.665. The highest BCUT2D eigenvalue weighted by Gasteiger charge is 2.18. The Balaban J connectivity index is 1.74. The normalized spacial score (nSPS) is 10.6. The van der Waals surface area contributed by atoms with Gasteiger partial charge in [0.15, 0.2) is 11.0 Å². The molecule has 0 aliphatic carbocycles. The van der Waals surface area contributed by atoms with E-state index in [9.17, 15) is 9.59 Å². The molecule has 0 saturated heterocycles. The summed E-state index contributed by atoms with van der Waals surface area (Å²) in [6, 6.07) is 14.3. The second kappa shape index (κ2) is 9.93. The lowest BCUT2D eigenvalue weighted by atomic mass is 10.1.